The molecule has 2 aromatic carbocycles. The minimum atomic E-state index is -1.09. The number of aliphatic carboxylic acids is 1. The zero-order chi connectivity index (χ0) is 17.3. The summed E-state index contributed by atoms with van der Waals surface area (Å²) < 4.78 is 15.5. The van der Waals surface area contributed by atoms with E-state index in [9.17, 15) is 14.0 Å². The van der Waals surface area contributed by atoms with E-state index in [2.05, 4.69) is 4.99 Å². The Balaban J connectivity index is 2.16. The number of carbonyl (C=O) groups is 2. The van der Waals surface area contributed by atoms with Gasteiger partial charge in [0, 0.05) is 5.56 Å². The molecule has 24 heavy (non-hydrogen) atoms. The average Bonchev–Trinajstić information content (AvgIpc) is 2.87. The zero-order valence-electron chi connectivity index (χ0n) is 12.7. The molecule has 1 heterocycles. The van der Waals surface area contributed by atoms with Crippen molar-refractivity contribution < 1.29 is 19.1 Å². The van der Waals surface area contributed by atoms with Gasteiger partial charge in [-0.15, -0.1) is 0 Å². The molecule has 0 radical (unpaired) electrons. The van der Waals surface area contributed by atoms with Gasteiger partial charge in [-0.25, -0.2) is 4.39 Å². The second-order valence-electron chi connectivity index (χ2n) is 5.24. The molecule has 0 spiro atoms. The second kappa shape index (κ2) is 6.37. The Bertz CT molecular complexity index is 1000. The van der Waals surface area contributed by atoms with Crippen molar-refractivity contribution in [2.24, 2.45) is 4.99 Å². The zero-order valence-corrected chi connectivity index (χ0v) is 13.5. The number of carbonyl (C=O) groups excluding carboxylic acids is 1. The molecule has 3 aromatic rings. The number of carboxylic acids is 1. The molecular formula is C17H13FN2O3S. The smallest absolute Gasteiger partial charge is 0.323 e. The van der Waals surface area contributed by atoms with Crippen LogP contribution in [0.4, 0.5) is 4.39 Å². The van der Waals surface area contributed by atoms with Crippen LogP contribution in [0, 0.1) is 12.7 Å². The number of aromatic nitrogens is 1. The third-order valence-electron chi connectivity index (χ3n) is 3.45. The average molecular weight is 344 g/mol. The van der Waals surface area contributed by atoms with Crippen LogP contribution < -0.4 is 4.80 Å². The Morgan fingerprint density at radius 3 is 2.58 bits per heavy atom. The van der Waals surface area contributed by atoms with Crippen LogP contribution in [0.15, 0.2) is 47.5 Å². The molecule has 1 aromatic heterocycles. The van der Waals surface area contributed by atoms with E-state index in [1.54, 1.807) is 30.3 Å². The summed E-state index contributed by atoms with van der Waals surface area (Å²) in [6.45, 7) is 1.50. The Hall–Kier alpha value is -2.80. The van der Waals surface area contributed by atoms with Crippen LogP contribution in [-0.2, 0) is 11.3 Å². The first-order valence-corrected chi connectivity index (χ1v) is 7.93. The summed E-state index contributed by atoms with van der Waals surface area (Å²) in [5.74, 6) is -2.06. The van der Waals surface area contributed by atoms with Gasteiger partial charge in [-0.05, 0) is 31.2 Å². The van der Waals surface area contributed by atoms with Crippen LogP contribution in [-0.4, -0.2) is 21.6 Å². The first-order valence-electron chi connectivity index (χ1n) is 7.11. The maximum Gasteiger partial charge on any atom is 0.323 e. The molecule has 0 aliphatic carbocycles. The van der Waals surface area contributed by atoms with Crippen molar-refractivity contribution in [3.8, 4) is 0 Å². The van der Waals surface area contributed by atoms with Crippen LogP contribution in [0.3, 0.4) is 0 Å². The summed E-state index contributed by atoms with van der Waals surface area (Å²) in [4.78, 5) is 27.6. The van der Waals surface area contributed by atoms with Crippen LogP contribution in [0.25, 0.3) is 10.2 Å². The highest BCUT2D eigenvalue weighted by atomic mass is 32.1. The number of amides is 1. The highest BCUT2D eigenvalue weighted by Gasteiger charge is 2.13. The van der Waals surface area contributed by atoms with Gasteiger partial charge in [0.25, 0.3) is 5.91 Å². The summed E-state index contributed by atoms with van der Waals surface area (Å²) >= 11 is 0.956. The fourth-order valence-corrected chi connectivity index (χ4v) is 3.31. The first kappa shape index (κ1) is 16.1. The Kier molecular flexibility index (Phi) is 4.26. The largest absolute Gasteiger partial charge is 0.480 e. The van der Waals surface area contributed by atoms with Crippen LogP contribution in [0.1, 0.15) is 15.9 Å². The number of hydrogen-bond acceptors (Lipinski definition) is 3. The number of hydrogen-bond donors (Lipinski definition) is 1. The Labute approximate surface area is 140 Å². The molecule has 0 aliphatic heterocycles. The van der Waals surface area contributed by atoms with E-state index in [-0.39, 0.29) is 9.50 Å². The summed E-state index contributed by atoms with van der Waals surface area (Å²) in [6, 6.07) is 11.3. The molecule has 7 heteroatoms. The van der Waals surface area contributed by atoms with Crippen molar-refractivity contribution in [1.29, 1.82) is 0 Å². The summed E-state index contributed by atoms with van der Waals surface area (Å²) in [5.41, 5.74) is 1.80. The number of nitrogens with zero attached hydrogens (tertiary/aromatic N) is 2. The summed E-state index contributed by atoms with van der Waals surface area (Å²) in [6.07, 6.45) is 0. The third kappa shape index (κ3) is 3.11. The van der Waals surface area contributed by atoms with E-state index in [1.807, 2.05) is 6.92 Å². The van der Waals surface area contributed by atoms with Crippen molar-refractivity contribution in [3.63, 3.8) is 0 Å². The summed E-state index contributed by atoms with van der Waals surface area (Å²) in [5, 5.41) is 9.08. The molecular weight excluding hydrogens is 331 g/mol. The van der Waals surface area contributed by atoms with E-state index < -0.39 is 24.2 Å². The van der Waals surface area contributed by atoms with E-state index in [0.29, 0.717) is 11.1 Å². The molecule has 122 valence electrons. The van der Waals surface area contributed by atoms with Crippen molar-refractivity contribution in [3.05, 3.63) is 64.2 Å². The molecule has 0 saturated carbocycles. The van der Waals surface area contributed by atoms with Gasteiger partial charge in [0.1, 0.15) is 12.4 Å². The normalized spacial score (nSPS) is 11.8. The van der Waals surface area contributed by atoms with Gasteiger partial charge in [-0.3, -0.25) is 9.59 Å². The number of rotatable bonds is 3. The molecule has 0 aliphatic rings. The van der Waals surface area contributed by atoms with E-state index in [4.69, 9.17) is 5.11 Å². The maximum absolute atomic E-state index is 13.9. The highest BCUT2D eigenvalue weighted by Crippen LogP contribution is 2.20. The lowest BCUT2D eigenvalue weighted by atomic mass is 10.1. The van der Waals surface area contributed by atoms with Crippen molar-refractivity contribution in [2.75, 3.05) is 0 Å². The lowest BCUT2D eigenvalue weighted by molar-refractivity contribution is -0.137. The lowest BCUT2D eigenvalue weighted by Crippen LogP contribution is -2.21. The van der Waals surface area contributed by atoms with Gasteiger partial charge in [0.2, 0.25) is 0 Å². The molecule has 0 saturated heterocycles. The number of aryl methyl sites for hydroxylation is 1. The van der Waals surface area contributed by atoms with E-state index in [1.165, 1.54) is 16.7 Å². The number of benzene rings is 2. The van der Waals surface area contributed by atoms with E-state index >= 15 is 0 Å². The number of carboxylic acid groups (broad SMARTS) is 1. The fourth-order valence-electron chi connectivity index (χ4n) is 2.28. The molecule has 1 N–H and O–H groups in total. The molecule has 5 nitrogen and oxygen atoms in total. The SMILES string of the molecule is Cc1ccc(C(=O)/N=c2\sc3c(F)cccc3n2CC(=O)O)cc1. The van der Waals surface area contributed by atoms with Crippen LogP contribution >= 0.6 is 11.3 Å². The minimum absolute atomic E-state index is 0.156. The van der Waals surface area contributed by atoms with Gasteiger partial charge in [-0.2, -0.15) is 4.99 Å². The van der Waals surface area contributed by atoms with Gasteiger partial charge in [0.05, 0.1) is 10.2 Å². The number of thiazole rings is 1. The minimum Gasteiger partial charge on any atom is -0.480 e. The van der Waals surface area contributed by atoms with Gasteiger partial charge in [0.15, 0.2) is 4.80 Å². The predicted molar refractivity (Wildman–Crippen MR) is 88.5 cm³/mol. The lowest BCUT2D eigenvalue weighted by Gasteiger charge is -2.01. The molecule has 0 bridgehead atoms. The number of halogens is 1. The van der Waals surface area contributed by atoms with Crippen molar-refractivity contribution in [2.45, 2.75) is 13.5 Å². The number of fused-ring (bicyclic) bond motifs is 1. The van der Waals surface area contributed by atoms with Gasteiger partial charge < -0.3 is 9.67 Å². The maximum atomic E-state index is 13.9. The standard InChI is InChI=1S/C17H13FN2O3S/c1-10-5-7-11(8-6-10)16(23)19-17-20(9-14(21)22)13-4-2-3-12(18)15(13)24-17/h2-8H,9H2,1H3,(H,21,22)/b19-17-. The monoisotopic (exact) mass is 344 g/mol. The molecule has 3 rings (SSSR count). The van der Waals surface area contributed by atoms with Gasteiger partial charge in [-0.1, -0.05) is 35.1 Å². The summed E-state index contributed by atoms with van der Waals surface area (Å²) in [7, 11) is 0. The molecule has 0 fully saturated rings. The first-order chi connectivity index (χ1) is 11.5. The van der Waals surface area contributed by atoms with Crippen molar-refractivity contribution >= 4 is 33.4 Å². The molecule has 0 atom stereocenters. The highest BCUT2D eigenvalue weighted by molar-refractivity contribution is 7.16. The fraction of sp³-hybridized carbons (Fsp3) is 0.118. The molecule has 0 unspecified atom stereocenters. The van der Waals surface area contributed by atoms with Crippen molar-refractivity contribution in [1.82, 2.24) is 4.57 Å². The van der Waals surface area contributed by atoms with Crippen LogP contribution in [0.5, 0.6) is 0 Å². The topological polar surface area (TPSA) is 71.7 Å². The molecule has 1 amide bonds. The Morgan fingerprint density at radius 2 is 1.92 bits per heavy atom. The predicted octanol–water partition coefficient (Wildman–Crippen LogP) is 2.98. The Morgan fingerprint density at radius 1 is 1.21 bits per heavy atom. The van der Waals surface area contributed by atoms with Crippen LogP contribution in [0.2, 0.25) is 0 Å². The second-order valence-corrected chi connectivity index (χ2v) is 6.21. The third-order valence-corrected chi connectivity index (χ3v) is 4.55. The quantitative estimate of drug-likeness (QED) is 0.794. The van der Waals surface area contributed by atoms with E-state index in [0.717, 1.165) is 16.9 Å². The van der Waals surface area contributed by atoms with Gasteiger partial charge >= 0.3 is 5.97 Å².